The number of fused-ring (bicyclic) bond motifs is 1. The normalized spacial score (nSPS) is 17.1. The van der Waals surface area contributed by atoms with E-state index in [1.807, 2.05) is 29.2 Å². The molecule has 2 aromatic heterocycles. The van der Waals surface area contributed by atoms with Gasteiger partial charge in [-0.1, -0.05) is 12.1 Å². The second-order valence-electron chi connectivity index (χ2n) is 6.35. The van der Waals surface area contributed by atoms with E-state index in [4.69, 9.17) is 21.3 Å². The van der Waals surface area contributed by atoms with Crippen molar-refractivity contribution in [3.05, 3.63) is 46.3 Å². The summed E-state index contributed by atoms with van der Waals surface area (Å²) in [4.78, 5) is 22.7. The lowest BCUT2D eigenvalue weighted by molar-refractivity contribution is 0.197. The van der Waals surface area contributed by atoms with Gasteiger partial charge in [0.2, 0.25) is 5.89 Å². The van der Waals surface area contributed by atoms with Gasteiger partial charge in [-0.3, -0.25) is 10.4 Å². The minimum Gasteiger partial charge on any atom is -0.439 e. The van der Waals surface area contributed by atoms with Crippen LogP contribution in [0.3, 0.4) is 0 Å². The molecule has 0 bridgehead atoms. The van der Waals surface area contributed by atoms with Gasteiger partial charge in [-0.15, -0.1) is 0 Å². The van der Waals surface area contributed by atoms with E-state index in [-0.39, 0.29) is 11.7 Å². The second kappa shape index (κ2) is 5.49. The first-order chi connectivity index (χ1) is 12.0. The van der Waals surface area contributed by atoms with Gasteiger partial charge in [0.25, 0.3) is 0 Å². The number of nitrogen functional groups attached to an aromatic ring is 1. The van der Waals surface area contributed by atoms with Crippen LogP contribution in [-0.4, -0.2) is 38.8 Å². The van der Waals surface area contributed by atoms with Crippen LogP contribution in [0.4, 0.5) is 5.82 Å². The molecule has 3 aromatic rings. The molecule has 4 rings (SSSR count). The number of nitrogens with zero attached hydrogens (tertiary/aromatic N) is 2. The smallest absolute Gasteiger partial charge is 0.325 e. The minimum atomic E-state index is -0.674. The molecule has 9 nitrogen and oxygen atoms in total. The first-order valence-corrected chi connectivity index (χ1v) is 8.03. The molecule has 0 saturated carbocycles. The predicted octanol–water partition coefficient (Wildman–Crippen LogP) is 0.702. The van der Waals surface area contributed by atoms with E-state index in [0.29, 0.717) is 37.5 Å². The van der Waals surface area contributed by atoms with Crippen molar-refractivity contribution in [3.63, 3.8) is 0 Å². The van der Waals surface area contributed by atoms with Crippen molar-refractivity contribution in [1.82, 2.24) is 19.9 Å². The van der Waals surface area contributed by atoms with Crippen LogP contribution in [-0.2, 0) is 5.54 Å². The summed E-state index contributed by atoms with van der Waals surface area (Å²) in [6.45, 7) is 1.08. The van der Waals surface area contributed by atoms with Crippen LogP contribution in [0, 0.1) is 5.41 Å². The number of hydrogen-bond donors (Lipinski definition) is 5. The highest BCUT2D eigenvalue weighted by Crippen LogP contribution is 2.32. The Morgan fingerprint density at radius 2 is 2.00 bits per heavy atom. The minimum absolute atomic E-state index is 0.165. The van der Waals surface area contributed by atoms with Gasteiger partial charge in [-0.2, -0.15) is 0 Å². The van der Waals surface area contributed by atoms with Crippen LogP contribution in [0.1, 0.15) is 24.4 Å². The molecule has 0 aliphatic carbocycles. The third-order valence-electron chi connectivity index (χ3n) is 4.68. The molecule has 1 aromatic carbocycles. The quantitative estimate of drug-likeness (QED) is 0.341. The van der Waals surface area contributed by atoms with Gasteiger partial charge in [0, 0.05) is 13.1 Å². The Balaban J connectivity index is 1.53. The maximum Gasteiger partial charge on any atom is 0.325 e. The molecule has 0 radical (unpaired) electrons. The molecule has 1 aliphatic rings. The van der Waals surface area contributed by atoms with Crippen LogP contribution in [0.5, 0.6) is 0 Å². The average Bonchev–Trinajstić information content (AvgIpc) is 3.18. The van der Waals surface area contributed by atoms with Crippen molar-refractivity contribution < 1.29 is 4.42 Å². The van der Waals surface area contributed by atoms with Crippen molar-refractivity contribution in [2.45, 2.75) is 18.4 Å². The van der Waals surface area contributed by atoms with E-state index in [2.05, 4.69) is 15.0 Å². The molecule has 9 heteroatoms. The fraction of sp³-hybridized carbons (Fsp3) is 0.312. The molecule has 0 spiro atoms. The number of aromatic amines is 2. The summed E-state index contributed by atoms with van der Waals surface area (Å²) in [6.07, 6.45) is 1.16. The Bertz CT molecular complexity index is 958. The van der Waals surface area contributed by atoms with Gasteiger partial charge in [-0.25, -0.2) is 9.78 Å². The monoisotopic (exact) mass is 341 g/mol. The second-order valence-corrected chi connectivity index (χ2v) is 6.35. The highest BCUT2D eigenvalue weighted by Gasteiger charge is 2.38. The number of rotatable bonds is 2. The number of piperidine rings is 1. The molecular formula is C16H19N7O2. The number of oxazole rings is 1. The zero-order chi connectivity index (χ0) is 17.6. The zero-order valence-electron chi connectivity index (χ0n) is 13.5. The molecule has 1 fully saturated rings. The van der Waals surface area contributed by atoms with Crippen LogP contribution in [0.25, 0.3) is 11.1 Å². The number of benzene rings is 1. The topological polar surface area (TPSA) is 154 Å². The van der Waals surface area contributed by atoms with Gasteiger partial charge in [0.05, 0.1) is 5.54 Å². The molecule has 1 saturated heterocycles. The summed E-state index contributed by atoms with van der Waals surface area (Å²) in [6, 6.07) is 7.56. The lowest BCUT2D eigenvalue weighted by Crippen LogP contribution is -2.50. The van der Waals surface area contributed by atoms with E-state index >= 15 is 0 Å². The summed E-state index contributed by atoms with van der Waals surface area (Å²) < 4.78 is 5.83. The van der Waals surface area contributed by atoms with Gasteiger partial charge >= 0.3 is 5.69 Å². The number of anilines is 1. The van der Waals surface area contributed by atoms with Gasteiger partial charge in [0.1, 0.15) is 22.9 Å². The maximum atomic E-state index is 11.3. The zero-order valence-corrected chi connectivity index (χ0v) is 13.5. The van der Waals surface area contributed by atoms with Crippen LogP contribution in [0.2, 0.25) is 0 Å². The Hall–Kier alpha value is -3.07. The Morgan fingerprint density at radius 3 is 2.64 bits per heavy atom. The van der Waals surface area contributed by atoms with Crippen molar-refractivity contribution in [2.24, 2.45) is 5.73 Å². The predicted molar refractivity (Wildman–Crippen MR) is 93.3 cm³/mol. The number of para-hydroxylation sites is 2. The molecule has 0 atom stereocenters. The maximum absolute atomic E-state index is 11.3. The molecule has 0 amide bonds. The molecule has 7 N–H and O–H groups in total. The fourth-order valence-corrected chi connectivity index (χ4v) is 3.17. The third-order valence-corrected chi connectivity index (χ3v) is 4.68. The number of aromatic nitrogens is 3. The largest absolute Gasteiger partial charge is 0.439 e. The van der Waals surface area contributed by atoms with Gasteiger partial charge in [0.15, 0.2) is 5.58 Å². The van der Waals surface area contributed by atoms with Crippen LogP contribution < -0.4 is 17.2 Å². The summed E-state index contributed by atoms with van der Waals surface area (Å²) in [7, 11) is 0. The summed E-state index contributed by atoms with van der Waals surface area (Å²) in [5, 5.41) is 8.28. The molecule has 130 valence electrons. The van der Waals surface area contributed by atoms with Crippen molar-refractivity contribution in [3.8, 4) is 0 Å². The summed E-state index contributed by atoms with van der Waals surface area (Å²) in [5.41, 5.74) is 13.0. The Morgan fingerprint density at radius 1 is 1.28 bits per heavy atom. The molecule has 25 heavy (non-hydrogen) atoms. The number of amidine groups is 1. The number of imidazole rings is 1. The number of likely N-dealkylation sites (tertiary alicyclic amines) is 1. The first kappa shape index (κ1) is 15.5. The fourth-order valence-electron chi connectivity index (χ4n) is 3.17. The number of hydrogen-bond acceptors (Lipinski definition) is 6. The van der Waals surface area contributed by atoms with Crippen molar-refractivity contribution in [2.75, 3.05) is 18.8 Å². The van der Waals surface area contributed by atoms with E-state index < -0.39 is 11.2 Å². The summed E-state index contributed by atoms with van der Waals surface area (Å²) >= 11 is 0. The van der Waals surface area contributed by atoms with Gasteiger partial charge in [-0.05, 0) is 25.0 Å². The third kappa shape index (κ3) is 2.58. The Kier molecular flexibility index (Phi) is 3.39. The standard InChI is InChI=1S/C16H19N7O2/c17-12-11(21-15(24)22-12)13(18)23-7-5-16(19,6-8-23)14-20-9-3-1-2-4-10(9)25-14/h1-4,18H,5-8,17,19H2,(H2,21,22,24). The van der Waals surface area contributed by atoms with Crippen molar-refractivity contribution in [1.29, 1.82) is 5.41 Å². The number of H-pyrrole nitrogens is 2. The van der Waals surface area contributed by atoms with E-state index in [1.54, 1.807) is 0 Å². The molecule has 1 aliphatic heterocycles. The number of nitrogens with one attached hydrogen (secondary N) is 3. The highest BCUT2D eigenvalue weighted by atomic mass is 16.4. The molecular weight excluding hydrogens is 322 g/mol. The SMILES string of the molecule is N=C(c1[nH]c(=O)[nH]c1N)N1CCC(N)(c2nc3ccccc3o2)CC1. The van der Waals surface area contributed by atoms with Crippen molar-refractivity contribution >= 4 is 22.8 Å². The lowest BCUT2D eigenvalue weighted by Gasteiger charge is -2.38. The number of nitrogens with two attached hydrogens (primary N) is 2. The average molecular weight is 341 g/mol. The first-order valence-electron chi connectivity index (χ1n) is 8.03. The van der Waals surface area contributed by atoms with E-state index in [9.17, 15) is 4.79 Å². The van der Waals surface area contributed by atoms with Crippen LogP contribution >= 0.6 is 0 Å². The van der Waals surface area contributed by atoms with E-state index in [1.165, 1.54) is 0 Å². The Labute approximate surface area is 142 Å². The van der Waals surface area contributed by atoms with Crippen LogP contribution in [0.15, 0.2) is 33.5 Å². The lowest BCUT2D eigenvalue weighted by atomic mass is 9.88. The molecule has 3 heterocycles. The molecule has 0 unspecified atom stereocenters. The summed E-state index contributed by atoms with van der Waals surface area (Å²) in [5.74, 6) is 0.864. The van der Waals surface area contributed by atoms with E-state index in [0.717, 1.165) is 11.1 Å². The van der Waals surface area contributed by atoms with Gasteiger partial charge < -0.3 is 25.8 Å². The highest BCUT2D eigenvalue weighted by molar-refractivity contribution is 5.98.